The van der Waals surface area contributed by atoms with E-state index >= 15 is 0 Å². The molecule has 16 heavy (non-hydrogen) atoms. The van der Waals surface area contributed by atoms with Crippen molar-refractivity contribution < 1.29 is 9.85 Å². The summed E-state index contributed by atoms with van der Waals surface area (Å²) in [7, 11) is 0. The maximum Gasteiger partial charge on any atom is 0.279 e. The van der Waals surface area contributed by atoms with Gasteiger partial charge in [0.15, 0.2) is 0 Å². The lowest BCUT2D eigenvalue weighted by molar-refractivity contribution is -0.394. The molecular weight excluding hydrogens is 218 g/mol. The number of non-ortho nitro benzene ring substituents is 1. The third kappa shape index (κ3) is 2.04. The summed E-state index contributed by atoms with van der Waals surface area (Å²) in [4.78, 5) is 22.0. The van der Waals surface area contributed by atoms with E-state index < -0.39 is 21.2 Å². The highest BCUT2D eigenvalue weighted by Crippen LogP contribution is 2.33. The molecule has 0 amide bonds. The van der Waals surface area contributed by atoms with E-state index in [0.29, 0.717) is 0 Å². The number of rotatable bonds is 3. The fourth-order valence-electron chi connectivity index (χ4n) is 1.12. The third-order valence-electron chi connectivity index (χ3n) is 1.90. The summed E-state index contributed by atoms with van der Waals surface area (Å²) in [5, 5.41) is 24.3. The lowest BCUT2D eigenvalue weighted by Gasteiger charge is -2.00. The molecule has 9 heteroatoms. The van der Waals surface area contributed by atoms with Crippen LogP contribution < -0.4 is 0 Å². The van der Waals surface area contributed by atoms with Gasteiger partial charge in [0.2, 0.25) is 0 Å². The Bertz CT molecular complexity index is 497. The maximum absolute atomic E-state index is 10.6. The second-order valence-corrected chi connectivity index (χ2v) is 2.81. The first-order chi connectivity index (χ1) is 7.47. The van der Waals surface area contributed by atoms with E-state index in [9.17, 15) is 20.2 Å². The molecule has 1 rings (SSSR count). The van der Waals surface area contributed by atoms with Gasteiger partial charge < -0.3 is 0 Å². The average Bonchev–Trinajstić information content (AvgIpc) is 2.20. The molecule has 0 atom stereocenters. The molecule has 0 aliphatic heterocycles. The molecule has 0 aromatic heterocycles. The smallest absolute Gasteiger partial charge is 0.258 e. The van der Waals surface area contributed by atoms with Crippen LogP contribution in [0.5, 0.6) is 0 Å². The van der Waals surface area contributed by atoms with Crippen molar-refractivity contribution in [1.29, 1.82) is 0 Å². The molecule has 1 aromatic rings. The molecule has 0 radical (unpaired) electrons. The van der Waals surface area contributed by atoms with Gasteiger partial charge in [0.1, 0.15) is 0 Å². The predicted molar refractivity (Wildman–Crippen MR) is 53.3 cm³/mol. The van der Waals surface area contributed by atoms with Crippen LogP contribution in [0.15, 0.2) is 17.2 Å². The van der Waals surface area contributed by atoms with E-state index in [4.69, 9.17) is 5.53 Å². The van der Waals surface area contributed by atoms with Crippen molar-refractivity contribution in [1.82, 2.24) is 0 Å². The van der Waals surface area contributed by atoms with Gasteiger partial charge in [-0.25, -0.2) is 0 Å². The van der Waals surface area contributed by atoms with Crippen LogP contribution in [-0.2, 0) is 0 Å². The van der Waals surface area contributed by atoms with Gasteiger partial charge in [-0.1, -0.05) is 5.11 Å². The van der Waals surface area contributed by atoms with E-state index in [-0.39, 0.29) is 11.3 Å². The quantitative estimate of drug-likeness (QED) is 0.256. The van der Waals surface area contributed by atoms with Gasteiger partial charge in [0.25, 0.3) is 11.4 Å². The fraction of sp³-hybridized carbons (Fsp3) is 0.143. The topological polar surface area (TPSA) is 135 Å². The van der Waals surface area contributed by atoms with Crippen molar-refractivity contribution in [3.8, 4) is 0 Å². The van der Waals surface area contributed by atoms with E-state index in [1.807, 2.05) is 0 Å². The van der Waals surface area contributed by atoms with Gasteiger partial charge in [-0.2, -0.15) is 0 Å². The van der Waals surface area contributed by atoms with Crippen LogP contribution in [-0.4, -0.2) is 9.85 Å². The highest BCUT2D eigenvalue weighted by Gasteiger charge is 2.20. The minimum atomic E-state index is -0.789. The molecular formula is C7H5N5O4. The van der Waals surface area contributed by atoms with Crippen LogP contribution in [0.2, 0.25) is 0 Å². The van der Waals surface area contributed by atoms with Crippen molar-refractivity contribution in [2.75, 3.05) is 0 Å². The summed E-state index contributed by atoms with van der Waals surface area (Å²) >= 11 is 0. The molecule has 0 N–H and O–H groups in total. The Morgan fingerprint density at radius 3 is 2.38 bits per heavy atom. The Morgan fingerprint density at radius 2 is 1.94 bits per heavy atom. The Morgan fingerprint density at radius 1 is 1.31 bits per heavy atom. The van der Waals surface area contributed by atoms with Crippen molar-refractivity contribution >= 4 is 17.1 Å². The maximum atomic E-state index is 10.6. The second kappa shape index (κ2) is 4.24. The summed E-state index contributed by atoms with van der Waals surface area (Å²) in [6.45, 7) is 1.35. The second-order valence-electron chi connectivity index (χ2n) is 2.81. The highest BCUT2D eigenvalue weighted by molar-refractivity contribution is 5.62. The van der Waals surface area contributed by atoms with Gasteiger partial charge in [-0.15, -0.1) is 0 Å². The zero-order valence-electron chi connectivity index (χ0n) is 8.02. The van der Waals surface area contributed by atoms with Crippen LogP contribution in [0, 0.1) is 27.2 Å². The average molecular weight is 223 g/mol. The molecule has 0 spiro atoms. The summed E-state index contributed by atoms with van der Waals surface area (Å²) in [6, 6.07) is 1.81. The summed E-state index contributed by atoms with van der Waals surface area (Å²) in [5.74, 6) is 0. The number of nitro benzene ring substituents is 2. The predicted octanol–water partition coefficient (Wildman–Crippen LogP) is 2.75. The number of hydrogen-bond acceptors (Lipinski definition) is 5. The van der Waals surface area contributed by atoms with Crippen LogP contribution in [0.1, 0.15) is 5.56 Å². The third-order valence-corrected chi connectivity index (χ3v) is 1.90. The number of nitrogens with zero attached hydrogens (tertiary/aromatic N) is 5. The minimum Gasteiger partial charge on any atom is -0.258 e. The molecule has 0 bridgehead atoms. The largest absolute Gasteiger partial charge is 0.279 e. The first-order valence-corrected chi connectivity index (χ1v) is 3.96. The fourth-order valence-corrected chi connectivity index (χ4v) is 1.12. The van der Waals surface area contributed by atoms with E-state index in [1.165, 1.54) is 6.92 Å². The molecule has 0 heterocycles. The van der Waals surface area contributed by atoms with Gasteiger partial charge in [-0.3, -0.25) is 20.2 Å². The lowest BCUT2D eigenvalue weighted by atomic mass is 10.1. The van der Waals surface area contributed by atoms with Crippen LogP contribution in [0.4, 0.5) is 17.1 Å². The van der Waals surface area contributed by atoms with Gasteiger partial charge in [0, 0.05) is 16.5 Å². The van der Waals surface area contributed by atoms with Crippen LogP contribution in [0.25, 0.3) is 10.4 Å². The Hall–Kier alpha value is -2.67. The molecule has 0 aliphatic rings. The van der Waals surface area contributed by atoms with Crippen molar-refractivity contribution in [2.24, 2.45) is 5.11 Å². The Labute approximate surface area is 88.2 Å². The van der Waals surface area contributed by atoms with E-state index in [0.717, 1.165) is 12.1 Å². The molecule has 0 aliphatic carbocycles. The number of benzene rings is 1. The molecule has 0 saturated heterocycles. The molecule has 0 fully saturated rings. The standard InChI is InChI=1S/C7H5N5O4/c1-4-6(9-10-8)2-5(11(13)14)3-7(4)12(15)16/h2-3H,1H3. The summed E-state index contributed by atoms with van der Waals surface area (Å²) in [5.41, 5.74) is 7.26. The van der Waals surface area contributed by atoms with E-state index in [1.54, 1.807) is 0 Å². The number of nitro groups is 2. The molecule has 9 nitrogen and oxygen atoms in total. The SMILES string of the molecule is Cc1c(N=[N+]=[N-])cc([N+](=O)[O-])cc1[N+](=O)[O-]. The zero-order valence-corrected chi connectivity index (χ0v) is 8.02. The summed E-state index contributed by atoms with van der Waals surface area (Å²) < 4.78 is 0. The summed E-state index contributed by atoms with van der Waals surface area (Å²) in [6.07, 6.45) is 0. The normalized spacial score (nSPS) is 9.31. The molecule has 82 valence electrons. The van der Waals surface area contributed by atoms with Crippen LogP contribution in [0.3, 0.4) is 0 Å². The Balaban J connectivity index is 3.56. The number of hydrogen-bond donors (Lipinski definition) is 0. The minimum absolute atomic E-state index is 0.0911. The Kier molecular flexibility index (Phi) is 3.02. The van der Waals surface area contributed by atoms with Crippen molar-refractivity contribution in [2.45, 2.75) is 6.92 Å². The molecule has 0 unspecified atom stereocenters. The van der Waals surface area contributed by atoms with Gasteiger partial charge in [-0.05, 0) is 12.5 Å². The first kappa shape index (κ1) is 11.4. The first-order valence-electron chi connectivity index (χ1n) is 3.96. The molecule has 1 aromatic carbocycles. The van der Waals surface area contributed by atoms with Crippen LogP contribution >= 0.6 is 0 Å². The van der Waals surface area contributed by atoms with Gasteiger partial charge in [0.05, 0.1) is 21.6 Å². The molecule has 0 saturated carbocycles. The van der Waals surface area contributed by atoms with Gasteiger partial charge >= 0.3 is 0 Å². The lowest BCUT2D eigenvalue weighted by Crippen LogP contribution is -1.95. The van der Waals surface area contributed by atoms with E-state index in [2.05, 4.69) is 10.0 Å². The van der Waals surface area contributed by atoms with Crippen molar-refractivity contribution in [3.05, 3.63) is 48.4 Å². The highest BCUT2D eigenvalue weighted by atomic mass is 16.6. The number of azide groups is 1. The van der Waals surface area contributed by atoms with Crippen molar-refractivity contribution in [3.63, 3.8) is 0 Å². The zero-order chi connectivity index (χ0) is 12.3. The monoisotopic (exact) mass is 223 g/mol.